The largest absolute Gasteiger partial charge is 0.382 e. The van der Waals surface area contributed by atoms with E-state index in [-0.39, 0.29) is 0 Å². The summed E-state index contributed by atoms with van der Waals surface area (Å²) in [7, 11) is 0. The van der Waals surface area contributed by atoms with E-state index in [4.69, 9.17) is 9.47 Å². The first-order valence-electron chi connectivity index (χ1n) is 6.28. The molecule has 0 aliphatic rings. The van der Waals surface area contributed by atoms with Gasteiger partial charge in [0.15, 0.2) is 0 Å². The molecule has 0 aliphatic carbocycles. The summed E-state index contributed by atoms with van der Waals surface area (Å²) in [5, 5.41) is 3.36. The van der Waals surface area contributed by atoms with E-state index in [1.54, 1.807) is 0 Å². The predicted octanol–water partition coefficient (Wildman–Crippen LogP) is 2.21. The van der Waals surface area contributed by atoms with E-state index in [1.807, 2.05) is 6.92 Å². The zero-order valence-corrected chi connectivity index (χ0v) is 10.4. The minimum Gasteiger partial charge on any atom is -0.382 e. The molecule has 15 heavy (non-hydrogen) atoms. The molecule has 0 bridgehead atoms. The molecule has 0 rings (SSSR count). The molecule has 3 heteroatoms. The lowest BCUT2D eigenvalue weighted by Crippen LogP contribution is -2.21. The number of rotatable bonds is 12. The van der Waals surface area contributed by atoms with E-state index in [2.05, 4.69) is 12.2 Å². The van der Waals surface area contributed by atoms with Crippen LogP contribution in [0.4, 0.5) is 0 Å². The van der Waals surface area contributed by atoms with E-state index < -0.39 is 0 Å². The SMILES string of the molecule is CCCCOCCNCCCCOCC. The molecule has 0 aromatic rings. The Morgan fingerprint density at radius 3 is 2.33 bits per heavy atom. The first kappa shape index (κ1) is 14.9. The first-order valence-corrected chi connectivity index (χ1v) is 6.28. The minimum absolute atomic E-state index is 0.832. The molecule has 0 saturated carbocycles. The monoisotopic (exact) mass is 217 g/mol. The highest BCUT2D eigenvalue weighted by molar-refractivity contribution is 4.47. The van der Waals surface area contributed by atoms with Crippen molar-refractivity contribution in [2.24, 2.45) is 0 Å². The van der Waals surface area contributed by atoms with Gasteiger partial charge in [0.05, 0.1) is 6.61 Å². The smallest absolute Gasteiger partial charge is 0.0590 e. The third-order valence-electron chi connectivity index (χ3n) is 2.16. The Kier molecular flexibility index (Phi) is 13.8. The van der Waals surface area contributed by atoms with Crippen molar-refractivity contribution in [3.05, 3.63) is 0 Å². The second-order valence-electron chi connectivity index (χ2n) is 3.62. The molecule has 0 amide bonds. The van der Waals surface area contributed by atoms with E-state index in [0.717, 1.165) is 45.9 Å². The average molecular weight is 217 g/mol. The van der Waals surface area contributed by atoms with Gasteiger partial charge in [-0.2, -0.15) is 0 Å². The van der Waals surface area contributed by atoms with Crippen molar-refractivity contribution in [3.63, 3.8) is 0 Å². The van der Waals surface area contributed by atoms with Crippen LogP contribution in [0, 0.1) is 0 Å². The van der Waals surface area contributed by atoms with Gasteiger partial charge in [-0.05, 0) is 32.7 Å². The Labute approximate surface area is 94.5 Å². The van der Waals surface area contributed by atoms with Crippen LogP contribution < -0.4 is 5.32 Å². The van der Waals surface area contributed by atoms with Crippen LogP contribution in [-0.2, 0) is 9.47 Å². The van der Waals surface area contributed by atoms with Crippen LogP contribution in [0.3, 0.4) is 0 Å². The van der Waals surface area contributed by atoms with Gasteiger partial charge in [-0.25, -0.2) is 0 Å². The number of hydrogen-bond acceptors (Lipinski definition) is 3. The maximum absolute atomic E-state index is 5.43. The summed E-state index contributed by atoms with van der Waals surface area (Å²) in [6.45, 7) is 9.73. The van der Waals surface area contributed by atoms with Crippen LogP contribution in [0.25, 0.3) is 0 Å². The summed E-state index contributed by atoms with van der Waals surface area (Å²) in [5.74, 6) is 0. The molecule has 0 atom stereocenters. The molecule has 0 fully saturated rings. The molecule has 0 heterocycles. The fourth-order valence-corrected chi connectivity index (χ4v) is 1.22. The van der Waals surface area contributed by atoms with Crippen LogP contribution >= 0.6 is 0 Å². The van der Waals surface area contributed by atoms with E-state index >= 15 is 0 Å². The molecular weight excluding hydrogens is 190 g/mol. The highest BCUT2D eigenvalue weighted by Gasteiger charge is 1.90. The van der Waals surface area contributed by atoms with Crippen LogP contribution in [0.1, 0.15) is 39.5 Å². The van der Waals surface area contributed by atoms with E-state index in [1.165, 1.54) is 19.3 Å². The van der Waals surface area contributed by atoms with Gasteiger partial charge in [-0.15, -0.1) is 0 Å². The lowest BCUT2D eigenvalue weighted by atomic mass is 10.3. The van der Waals surface area contributed by atoms with E-state index in [9.17, 15) is 0 Å². The third-order valence-corrected chi connectivity index (χ3v) is 2.16. The Balaban J connectivity index is 2.81. The molecule has 0 unspecified atom stereocenters. The van der Waals surface area contributed by atoms with Gasteiger partial charge in [0.1, 0.15) is 0 Å². The number of hydrogen-bond donors (Lipinski definition) is 1. The van der Waals surface area contributed by atoms with Crippen molar-refractivity contribution in [2.45, 2.75) is 39.5 Å². The standard InChI is InChI=1S/C12H27NO2/c1-3-5-10-15-12-9-13-8-6-7-11-14-4-2/h13H,3-12H2,1-2H3. The van der Waals surface area contributed by atoms with Crippen LogP contribution in [-0.4, -0.2) is 39.5 Å². The van der Waals surface area contributed by atoms with Gasteiger partial charge >= 0.3 is 0 Å². The highest BCUT2D eigenvalue weighted by Crippen LogP contribution is 1.89. The zero-order chi connectivity index (χ0) is 11.2. The molecule has 0 aromatic heterocycles. The highest BCUT2D eigenvalue weighted by atomic mass is 16.5. The average Bonchev–Trinajstić information content (AvgIpc) is 2.26. The Morgan fingerprint density at radius 2 is 1.60 bits per heavy atom. The molecule has 0 radical (unpaired) electrons. The van der Waals surface area contributed by atoms with Crippen LogP contribution in [0.15, 0.2) is 0 Å². The summed E-state index contributed by atoms with van der Waals surface area (Å²) in [6, 6.07) is 0. The molecule has 0 aliphatic heterocycles. The molecule has 0 saturated heterocycles. The maximum atomic E-state index is 5.43. The van der Waals surface area contributed by atoms with Crippen molar-refractivity contribution in [2.75, 3.05) is 39.5 Å². The topological polar surface area (TPSA) is 30.5 Å². The van der Waals surface area contributed by atoms with Crippen molar-refractivity contribution >= 4 is 0 Å². The Morgan fingerprint density at radius 1 is 0.800 bits per heavy atom. The van der Waals surface area contributed by atoms with Crippen LogP contribution in [0.5, 0.6) is 0 Å². The molecule has 3 nitrogen and oxygen atoms in total. The van der Waals surface area contributed by atoms with Gasteiger partial charge in [-0.1, -0.05) is 13.3 Å². The second kappa shape index (κ2) is 13.9. The van der Waals surface area contributed by atoms with Gasteiger partial charge < -0.3 is 14.8 Å². The van der Waals surface area contributed by atoms with Crippen molar-refractivity contribution < 1.29 is 9.47 Å². The number of ether oxygens (including phenoxy) is 2. The van der Waals surface area contributed by atoms with Gasteiger partial charge in [0.25, 0.3) is 0 Å². The Hall–Kier alpha value is -0.120. The molecule has 1 N–H and O–H groups in total. The lowest BCUT2D eigenvalue weighted by Gasteiger charge is -2.05. The number of nitrogens with one attached hydrogen (secondary N) is 1. The quantitative estimate of drug-likeness (QED) is 0.508. The van der Waals surface area contributed by atoms with Crippen molar-refractivity contribution in [1.82, 2.24) is 5.32 Å². The van der Waals surface area contributed by atoms with Crippen molar-refractivity contribution in [1.29, 1.82) is 0 Å². The first-order chi connectivity index (χ1) is 7.41. The fraction of sp³-hybridized carbons (Fsp3) is 1.00. The third kappa shape index (κ3) is 13.9. The normalized spacial score (nSPS) is 10.8. The summed E-state index contributed by atoms with van der Waals surface area (Å²) in [4.78, 5) is 0. The van der Waals surface area contributed by atoms with Gasteiger partial charge in [0.2, 0.25) is 0 Å². The van der Waals surface area contributed by atoms with Gasteiger partial charge in [-0.3, -0.25) is 0 Å². The molecule has 0 aromatic carbocycles. The van der Waals surface area contributed by atoms with Crippen molar-refractivity contribution in [3.8, 4) is 0 Å². The van der Waals surface area contributed by atoms with E-state index in [0.29, 0.717) is 0 Å². The maximum Gasteiger partial charge on any atom is 0.0590 e. The van der Waals surface area contributed by atoms with Crippen LogP contribution in [0.2, 0.25) is 0 Å². The summed E-state index contributed by atoms with van der Waals surface area (Å²) in [5.41, 5.74) is 0. The molecule has 0 spiro atoms. The fourth-order valence-electron chi connectivity index (χ4n) is 1.22. The summed E-state index contributed by atoms with van der Waals surface area (Å²) >= 11 is 0. The minimum atomic E-state index is 0.832. The summed E-state index contributed by atoms with van der Waals surface area (Å²) < 4.78 is 10.7. The zero-order valence-electron chi connectivity index (χ0n) is 10.4. The summed E-state index contributed by atoms with van der Waals surface area (Å²) in [6.07, 6.45) is 4.73. The predicted molar refractivity (Wildman–Crippen MR) is 64.3 cm³/mol. The number of unbranched alkanes of at least 4 members (excludes halogenated alkanes) is 2. The van der Waals surface area contributed by atoms with Gasteiger partial charge in [0, 0.05) is 26.4 Å². The molecule has 92 valence electrons. The molecular formula is C12H27NO2. The second-order valence-corrected chi connectivity index (χ2v) is 3.62. The lowest BCUT2D eigenvalue weighted by molar-refractivity contribution is 0.131. The Bertz CT molecular complexity index is 97.8.